The summed E-state index contributed by atoms with van der Waals surface area (Å²) >= 11 is 5.95. The Morgan fingerprint density at radius 2 is 1.95 bits per heavy atom. The van der Waals surface area contributed by atoms with Gasteiger partial charge in [0.2, 0.25) is 0 Å². The van der Waals surface area contributed by atoms with E-state index in [4.69, 9.17) is 11.6 Å². The molecule has 0 aliphatic heterocycles. The maximum absolute atomic E-state index is 12.3. The van der Waals surface area contributed by atoms with Crippen LogP contribution in [0.5, 0.6) is 0 Å². The number of H-pyrrole nitrogens is 1. The number of aromatic nitrogens is 1. The van der Waals surface area contributed by atoms with Crippen molar-refractivity contribution in [2.75, 3.05) is 5.32 Å². The van der Waals surface area contributed by atoms with Crippen LogP contribution in [0.15, 0.2) is 48.7 Å². The Balaban J connectivity index is 1.89. The number of benzene rings is 2. The molecule has 2 N–H and O–H groups in total. The molecule has 0 saturated carbocycles. The molecule has 0 radical (unpaired) electrons. The van der Waals surface area contributed by atoms with Gasteiger partial charge in [0.15, 0.2) is 0 Å². The maximum Gasteiger partial charge on any atom is 0.296 e. The van der Waals surface area contributed by atoms with E-state index in [1.807, 2.05) is 19.1 Å². The van der Waals surface area contributed by atoms with Gasteiger partial charge in [-0.05, 0) is 42.8 Å². The lowest BCUT2D eigenvalue weighted by atomic mass is 10.1. The molecule has 110 valence electrons. The molecule has 3 rings (SSSR count). The smallest absolute Gasteiger partial charge is 0.296 e. The highest BCUT2D eigenvalue weighted by atomic mass is 35.5. The zero-order valence-electron chi connectivity index (χ0n) is 11.8. The SMILES string of the molecule is Cc1cccc(NC(=O)C(=O)c2c[nH]c3ccc(Cl)cc23)c1. The van der Waals surface area contributed by atoms with Gasteiger partial charge in [-0.3, -0.25) is 9.59 Å². The fourth-order valence-corrected chi connectivity index (χ4v) is 2.49. The van der Waals surface area contributed by atoms with Gasteiger partial charge in [0.05, 0.1) is 5.56 Å². The summed E-state index contributed by atoms with van der Waals surface area (Å²) in [5.41, 5.74) is 2.67. The summed E-state index contributed by atoms with van der Waals surface area (Å²) in [6.45, 7) is 1.92. The van der Waals surface area contributed by atoms with E-state index in [0.717, 1.165) is 11.1 Å². The third kappa shape index (κ3) is 2.73. The van der Waals surface area contributed by atoms with Crippen LogP contribution in [-0.2, 0) is 4.79 Å². The first-order chi connectivity index (χ1) is 10.5. The van der Waals surface area contributed by atoms with Gasteiger partial charge in [-0.15, -0.1) is 0 Å². The standard InChI is InChI=1S/C17H13ClN2O2/c1-10-3-2-4-12(7-10)20-17(22)16(21)14-9-19-15-6-5-11(18)8-13(14)15/h2-9,19H,1H3,(H,20,22). The first-order valence-corrected chi connectivity index (χ1v) is 7.11. The van der Waals surface area contributed by atoms with Crippen LogP contribution < -0.4 is 5.32 Å². The first-order valence-electron chi connectivity index (χ1n) is 6.73. The lowest BCUT2D eigenvalue weighted by Gasteiger charge is -2.05. The normalized spacial score (nSPS) is 10.6. The van der Waals surface area contributed by atoms with Crippen molar-refractivity contribution in [3.05, 3.63) is 64.8 Å². The van der Waals surface area contributed by atoms with E-state index < -0.39 is 11.7 Å². The number of aryl methyl sites for hydroxylation is 1. The molecule has 4 nitrogen and oxygen atoms in total. The summed E-state index contributed by atoms with van der Waals surface area (Å²) in [6.07, 6.45) is 1.53. The molecule has 0 spiro atoms. The summed E-state index contributed by atoms with van der Waals surface area (Å²) in [7, 11) is 0. The zero-order chi connectivity index (χ0) is 15.7. The average Bonchev–Trinajstić information content (AvgIpc) is 2.89. The van der Waals surface area contributed by atoms with Gasteiger partial charge in [0.25, 0.3) is 11.7 Å². The summed E-state index contributed by atoms with van der Waals surface area (Å²) in [6, 6.07) is 12.4. The summed E-state index contributed by atoms with van der Waals surface area (Å²) in [4.78, 5) is 27.5. The number of amides is 1. The molecule has 1 amide bonds. The Labute approximate surface area is 132 Å². The number of fused-ring (bicyclic) bond motifs is 1. The van der Waals surface area contributed by atoms with Crippen molar-refractivity contribution in [3.8, 4) is 0 Å². The van der Waals surface area contributed by atoms with E-state index >= 15 is 0 Å². The Hall–Kier alpha value is -2.59. The number of Topliss-reactive ketones (excluding diaryl/α,β-unsaturated/α-hetero) is 1. The molecule has 0 aliphatic rings. The van der Waals surface area contributed by atoms with Gasteiger partial charge in [-0.25, -0.2) is 0 Å². The van der Waals surface area contributed by atoms with Gasteiger partial charge in [-0.2, -0.15) is 0 Å². The monoisotopic (exact) mass is 312 g/mol. The van der Waals surface area contributed by atoms with E-state index in [-0.39, 0.29) is 0 Å². The van der Waals surface area contributed by atoms with Crippen LogP contribution in [0.25, 0.3) is 10.9 Å². The van der Waals surface area contributed by atoms with E-state index in [2.05, 4.69) is 10.3 Å². The minimum Gasteiger partial charge on any atom is -0.360 e. The quantitative estimate of drug-likeness (QED) is 0.568. The molecule has 22 heavy (non-hydrogen) atoms. The molecular formula is C17H13ClN2O2. The van der Waals surface area contributed by atoms with Crippen molar-refractivity contribution in [2.24, 2.45) is 0 Å². The number of anilines is 1. The number of hydrogen-bond acceptors (Lipinski definition) is 2. The number of aromatic amines is 1. The number of ketones is 1. The molecule has 1 aromatic heterocycles. The van der Waals surface area contributed by atoms with Crippen molar-refractivity contribution in [1.29, 1.82) is 0 Å². The molecule has 0 atom stereocenters. The third-order valence-corrected chi connectivity index (χ3v) is 3.61. The predicted molar refractivity (Wildman–Crippen MR) is 87.4 cm³/mol. The summed E-state index contributed by atoms with van der Waals surface area (Å²) in [5, 5.41) is 3.76. The van der Waals surface area contributed by atoms with E-state index in [9.17, 15) is 9.59 Å². The summed E-state index contributed by atoms with van der Waals surface area (Å²) in [5.74, 6) is -1.28. The number of rotatable bonds is 3. The molecule has 0 fully saturated rings. The molecule has 0 saturated heterocycles. The Morgan fingerprint density at radius 3 is 2.73 bits per heavy atom. The van der Waals surface area contributed by atoms with Crippen LogP contribution >= 0.6 is 11.6 Å². The van der Waals surface area contributed by atoms with Crippen molar-refractivity contribution in [2.45, 2.75) is 6.92 Å². The highest BCUT2D eigenvalue weighted by Crippen LogP contribution is 2.23. The van der Waals surface area contributed by atoms with Crippen molar-refractivity contribution in [1.82, 2.24) is 4.98 Å². The van der Waals surface area contributed by atoms with E-state index in [1.165, 1.54) is 6.20 Å². The van der Waals surface area contributed by atoms with Crippen LogP contribution in [0, 0.1) is 6.92 Å². The molecule has 3 aromatic rings. The Bertz CT molecular complexity index is 883. The topological polar surface area (TPSA) is 62.0 Å². The maximum atomic E-state index is 12.3. The largest absolute Gasteiger partial charge is 0.360 e. The predicted octanol–water partition coefficient (Wildman–Crippen LogP) is 3.95. The van der Waals surface area contributed by atoms with E-state index in [1.54, 1.807) is 30.3 Å². The van der Waals surface area contributed by atoms with Crippen molar-refractivity contribution >= 4 is 39.9 Å². The minimum atomic E-state index is -0.675. The number of carbonyl (C=O) groups is 2. The second kappa shape index (κ2) is 5.66. The molecule has 0 unspecified atom stereocenters. The highest BCUT2D eigenvalue weighted by molar-refractivity contribution is 6.48. The molecule has 5 heteroatoms. The van der Waals surface area contributed by atoms with Gasteiger partial charge in [0, 0.05) is 27.8 Å². The number of carbonyl (C=O) groups excluding carboxylic acids is 2. The lowest BCUT2D eigenvalue weighted by Crippen LogP contribution is -2.22. The Kier molecular flexibility index (Phi) is 3.69. The fourth-order valence-electron chi connectivity index (χ4n) is 2.31. The van der Waals surface area contributed by atoms with Crippen LogP contribution in [0.2, 0.25) is 5.02 Å². The number of hydrogen-bond donors (Lipinski definition) is 2. The van der Waals surface area contributed by atoms with E-state index in [0.29, 0.717) is 21.7 Å². The second-order valence-corrected chi connectivity index (χ2v) is 5.48. The zero-order valence-corrected chi connectivity index (χ0v) is 12.6. The van der Waals surface area contributed by atoms with Crippen molar-refractivity contribution in [3.63, 3.8) is 0 Å². The Morgan fingerprint density at radius 1 is 1.14 bits per heavy atom. The van der Waals surface area contributed by atoms with Crippen LogP contribution in [0.4, 0.5) is 5.69 Å². The van der Waals surface area contributed by atoms with Crippen LogP contribution in [-0.4, -0.2) is 16.7 Å². The molecule has 0 bridgehead atoms. The van der Waals surface area contributed by atoms with Gasteiger partial charge in [-0.1, -0.05) is 23.7 Å². The summed E-state index contributed by atoms with van der Waals surface area (Å²) < 4.78 is 0. The van der Waals surface area contributed by atoms with Crippen LogP contribution in [0.1, 0.15) is 15.9 Å². The average molecular weight is 313 g/mol. The van der Waals surface area contributed by atoms with Gasteiger partial charge >= 0.3 is 0 Å². The molecule has 1 heterocycles. The highest BCUT2D eigenvalue weighted by Gasteiger charge is 2.20. The van der Waals surface area contributed by atoms with Gasteiger partial charge < -0.3 is 10.3 Å². The lowest BCUT2D eigenvalue weighted by molar-refractivity contribution is -0.112. The van der Waals surface area contributed by atoms with Crippen molar-refractivity contribution < 1.29 is 9.59 Å². The van der Waals surface area contributed by atoms with Crippen LogP contribution in [0.3, 0.4) is 0 Å². The molecule has 2 aromatic carbocycles. The first kappa shape index (κ1) is 14.4. The number of halogens is 1. The third-order valence-electron chi connectivity index (χ3n) is 3.37. The fraction of sp³-hybridized carbons (Fsp3) is 0.0588. The van der Waals surface area contributed by atoms with Gasteiger partial charge in [0.1, 0.15) is 0 Å². The number of nitrogens with one attached hydrogen (secondary N) is 2. The molecule has 0 aliphatic carbocycles. The minimum absolute atomic E-state index is 0.308. The second-order valence-electron chi connectivity index (χ2n) is 5.04. The molecular weight excluding hydrogens is 300 g/mol.